The minimum absolute atomic E-state index is 0.00199. The molecule has 4 heteroatoms. The molecule has 3 rings (SSSR count). The third-order valence-corrected chi connectivity index (χ3v) is 4.11. The number of aliphatic hydroxyl groups excluding tert-OH is 1. The van der Waals surface area contributed by atoms with Crippen molar-refractivity contribution < 1.29 is 9.90 Å². The van der Waals surface area contributed by atoms with Gasteiger partial charge in [0, 0.05) is 17.4 Å². The molecule has 0 aliphatic carbocycles. The van der Waals surface area contributed by atoms with Gasteiger partial charge in [-0.2, -0.15) is 0 Å². The highest BCUT2D eigenvalue weighted by Crippen LogP contribution is 2.21. The lowest BCUT2D eigenvalue weighted by Crippen LogP contribution is -2.42. The fraction of sp³-hybridized carbons (Fsp3) is 0.438. The highest BCUT2D eigenvalue weighted by atomic mass is 16.3. The summed E-state index contributed by atoms with van der Waals surface area (Å²) in [4.78, 5) is 17.7. The van der Waals surface area contributed by atoms with Crippen molar-refractivity contribution in [1.82, 2.24) is 9.88 Å². The average molecular weight is 272 g/mol. The molecule has 1 aliphatic rings. The van der Waals surface area contributed by atoms with E-state index in [9.17, 15) is 9.90 Å². The predicted molar refractivity (Wildman–Crippen MR) is 78.7 cm³/mol. The molecule has 106 valence electrons. The molecule has 1 aromatic heterocycles. The van der Waals surface area contributed by atoms with Crippen molar-refractivity contribution in [1.29, 1.82) is 0 Å². The number of hydrogen-bond acceptors (Lipinski definition) is 2. The van der Waals surface area contributed by atoms with E-state index in [2.05, 4.69) is 4.98 Å². The van der Waals surface area contributed by atoms with Gasteiger partial charge in [0.15, 0.2) is 0 Å². The molecule has 1 aliphatic heterocycles. The summed E-state index contributed by atoms with van der Waals surface area (Å²) in [6.45, 7) is 0.783. The first-order valence-corrected chi connectivity index (χ1v) is 7.29. The van der Waals surface area contributed by atoms with Gasteiger partial charge in [0.1, 0.15) is 5.69 Å². The summed E-state index contributed by atoms with van der Waals surface area (Å²) in [5, 5.41) is 10.6. The number of fused-ring (bicyclic) bond motifs is 1. The molecule has 0 bridgehead atoms. The largest absolute Gasteiger partial charge is 0.394 e. The molecule has 1 unspecified atom stereocenters. The number of rotatable bonds is 2. The van der Waals surface area contributed by atoms with Crippen molar-refractivity contribution in [3.05, 3.63) is 36.0 Å². The number of nitrogens with zero attached hydrogens (tertiary/aromatic N) is 1. The van der Waals surface area contributed by atoms with Crippen molar-refractivity contribution in [2.24, 2.45) is 0 Å². The van der Waals surface area contributed by atoms with Crippen LogP contribution in [0.5, 0.6) is 0 Å². The van der Waals surface area contributed by atoms with Crippen LogP contribution in [-0.4, -0.2) is 40.1 Å². The normalized spacial score (nSPS) is 20.1. The van der Waals surface area contributed by atoms with Crippen LogP contribution in [0.3, 0.4) is 0 Å². The number of para-hydroxylation sites is 1. The topological polar surface area (TPSA) is 56.3 Å². The van der Waals surface area contributed by atoms with Gasteiger partial charge in [-0.3, -0.25) is 4.79 Å². The first-order valence-electron chi connectivity index (χ1n) is 7.29. The predicted octanol–water partition coefficient (Wildman–Crippen LogP) is 2.55. The second kappa shape index (κ2) is 5.67. The zero-order valence-corrected chi connectivity index (χ0v) is 11.5. The Morgan fingerprint density at radius 3 is 2.95 bits per heavy atom. The Labute approximate surface area is 118 Å². The van der Waals surface area contributed by atoms with Crippen LogP contribution in [0.15, 0.2) is 30.3 Å². The highest BCUT2D eigenvalue weighted by Gasteiger charge is 2.26. The Bertz CT molecular complexity index is 572. The third-order valence-electron chi connectivity index (χ3n) is 4.11. The first kappa shape index (κ1) is 13.2. The van der Waals surface area contributed by atoms with Crippen molar-refractivity contribution in [3.8, 4) is 0 Å². The maximum Gasteiger partial charge on any atom is 0.270 e. The molecule has 1 fully saturated rings. The van der Waals surface area contributed by atoms with Gasteiger partial charge in [0.25, 0.3) is 5.91 Å². The summed E-state index contributed by atoms with van der Waals surface area (Å²) in [6, 6.07) is 9.74. The number of aromatic amines is 1. The molecular formula is C16H20N2O2. The van der Waals surface area contributed by atoms with Crippen molar-refractivity contribution in [3.63, 3.8) is 0 Å². The third kappa shape index (κ3) is 2.43. The van der Waals surface area contributed by atoms with Gasteiger partial charge >= 0.3 is 0 Å². The zero-order chi connectivity index (χ0) is 13.9. The lowest BCUT2D eigenvalue weighted by atomic mass is 10.1. The van der Waals surface area contributed by atoms with E-state index < -0.39 is 0 Å². The molecule has 1 amide bonds. The summed E-state index contributed by atoms with van der Waals surface area (Å²) in [7, 11) is 0. The molecular weight excluding hydrogens is 252 g/mol. The highest BCUT2D eigenvalue weighted by molar-refractivity contribution is 5.98. The van der Waals surface area contributed by atoms with Gasteiger partial charge in [-0.05, 0) is 25.0 Å². The number of likely N-dealkylation sites (tertiary alicyclic amines) is 1. The Morgan fingerprint density at radius 1 is 1.30 bits per heavy atom. The summed E-state index contributed by atoms with van der Waals surface area (Å²) < 4.78 is 0. The monoisotopic (exact) mass is 272 g/mol. The van der Waals surface area contributed by atoms with E-state index >= 15 is 0 Å². The molecule has 2 aromatic rings. The van der Waals surface area contributed by atoms with Crippen molar-refractivity contribution >= 4 is 16.8 Å². The lowest BCUT2D eigenvalue weighted by molar-refractivity contribution is 0.0595. The Morgan fingerprint density at radius 2 is 2.15 bits per heavy atom. The minimum Gasteiger partial charge on any atom is -0.394 e. The van der Waals surface area contributed by atoms with Gasteiger partial charge in [-0.15, -0.1) is 0 Å². The lowest BCUT2D eigenvalue weighted by Gasteiger charge is -2.28. The number of carbonyl (C=O) groups is 1. The van der Waals surface area contributed by atoms with E-state index in [-0.39, 0.29) is 18.6 Å². The van der Waals surface area contributed by atoms with Gasteiger partial charge in [-0.1, -0.05) is 31.0 Å². The zero-order valence-electron chi connectivity index (χ0n) is 11.5. The van der Waals surface area contributed by atoms with E-state index in [1.54, 1.807) is 0 Å². The van der Waals surface area contributed by atoms with Crippen LogP contribution in [0.1, 0.15) is 36.2 Å². The number of amides is 1. The summed E-state index contributed by atoms with van der Waals surface area (Å²) in [6.07, 6.45) is 4.12. The number of nitrogens with one attached hydrogen (secondary N) is 1. The Balaban J connectivity index is 1.89. The van der Waals surface area contributed by atoms with Gasteiger partial charge in [0.05, 0.1) is 12.6 Å². The average Bonchev–Trinajstić information content (AvgIpc) is 2.77. The maximum absolute atomic E-state index is 12.7. The molecule has 1 aromatic carbocycles. The van der Waals surface area contributed by atoms with Crippen LogP contribution in [-0.2, 0) is 0 Å². The molecule has 1 atom stereocenters. The number of hydrogen-bond donors (Lipinski definition) is 2. The van der Waals surface area contributed by atoms with Gasteiger partial charge in [0.2, 0.25) is 0 Å². The first-order chi connectivity index (χ1) is 9.79. The van der Waals surface area contributed by atoms with E-state index in [1.807, 2.05) is 35.2 Å². The van der Waals surface area contributed by atoms with Crippen molar-refractivity contribution in [2.75, 3.05) is 13.2 Å². The SMILES string of the molecule is O=C(c1cc2ccccc2[nH]1)N1CCCCCC1CO. The Hall–Kier alpha value is -1.81. The van der Waals surface area contributed by atoms with E-state index in [4.69, 9.17) is 0 Å². The fourth-order valence-electron chi connectivity index (χ4n) is 2.98. The summed E-state index contributed by atoms with van der Waals surface area (Å²) in [5.74, 6) is 0.00199. The van der Waals surface area contributed by atoms with E-state index in [0.29, 0.717) is 5.69 Å². The van der Waals surface area contributed by atoms with Gasteiger partial charge < -0.3 is 15.0 Å². The number of aliphatic hydroxyl groups is 1. The standard InChI is InChI=1S/C16H20N2O2/c19-11-13-7-2-1-5-9-18(13)16(20)15-10-12-6-3-4-8-14(12)17-15/h3-4,6,8,10,13,17,19H,1-2,5,7,9,11H2. The van der Waals surface area contributed by atoms with Crippen LogP contribution in [0, 0.1) is 0 Å². The molecule has 0 saturated carbocycles. The summed E-state index contributed by atoms with van der Waals surface area (Å²) >= 11 is 0. The maximum atomic E-state index is 12.7. The minimum atomic E-state index is -0.0450. The number of benzene rings is 1. The smallest absolute Gasteiger partial charge is 0.270 e. The quantitative estimate of drug-likeness (QED) is 0.882. The molecule has 1 saturated heterocycles. The van der Waals surface area contributed by atoms with Gasteiger partial charge in [-0.25, -0.2) is 0 Å². The molecule has 0 spiro atoms. The second-order valence-corrected chi connectivity index (χ2v) is 5.45. The summed E-state index contributed by atoms with van der Waals surface area (Å²) in [5.41, 5.74) is 1.60. The molecule has 0 radical (unpaired) electrons. The second-order valence-electron chi connectivity index (χ2n) is 5.45. The van der Waals surface area contributed by atoms with Crippen LogP contribution in [0.25, 0.3) is 10.9 Å². The number of carbonyl (C=O) groups excluding carboxylic acids is 1. The van der Waals surface area contributed by atoms with Crippen LogP contribution < -0.4 is 0 Å². The molecule has 20 heavy (non-hydrogen) atoms. The Kier molecular flexibility index (Phi) is 3.74. The van der Waals surface area contributed by atoms with Crippen LogP contribution in [0.2, 0.25) is 0 Å². The number of H-pyrrole nitrogens is 1. The van der Waals surface area contributed by atoms with Crippen molar-refractivity contribution in [2.45, 2.75) is 31.7 Å². The van der Waals surface area contributed by atoms with E-state index in [1.165, 1.54) is 0 Å². The molecule has 2 N–H and O–H groups in total. The molecule has 4 nitrogen and oxygen atoms in total. The van der Waals surface area contributed by atoms with Crippen LogP contribution >= 0.6 is 0 Å². The number of aromatic nitrogens is 1. The van der Waals surface area contributed by atoms with Crippen LogP contribution in [0.4, 0.5) is 0 Å². The fourth-order valence-corrected chi connectivity index (χ4v) is 2.98. The molecule has 2 heterocycles. The van der Waals surface area contributed by atoms with E-state index in [0.717, 1.165) is 43.1 Å².